The average Bonchev–Trinajstić information content (AvgIpc) is 3.34. The van der Waals surface area contributed by atoms with Crippen LogP contribution < -0.4 is 0 Å². The van der Waals surface area contributed by atoms with Crippen LogP contribution in [0, 0.1) is 0 Å². The van der Waals surface area contributed by atoms with Crippen LogP contribution in [-0.4, -0.2) is 35.2 Å². The molecule has 5 aromatic rings. The summed E-state index contributed by atoms with van der Waals surface area (Å²) in [5, 5.41) is 11.9. The van der Waals surface area contributed by atoms with Crippen LogP contribution in [0.3, 0.4) is 0 Å². The molecule has 0 saturated heterocycles. The highest BCUT2D eigenvalue weighted by Gasteiger charge is 2.31. The lowest BCUT2D eigenvalue weighted by molar-refractivity contribution is -0.137. The Labute approximate surface area is 185 Å². The van der Waals surface area contributed by atoms with Gasteiger partial charge in [0.2, 0.25) is 0 Å². The van der Waals surface area contributed by atoms with Crippen molar-refractivity contribution >= 4 is 0 Å². The largest absolute Gasteiger partial charge is 0.416 e. The molecule has 0 amide bonds. The van der Waals surface area contributed by atoms with Gasteiger partial charge in [0.05, 0.1) is 22.5 Å². The highest BCUT2D eigenvalue weighted by atomic mass is 19.4. The maximum absolute atomic E-state index is 13.4. The molecule has 3 heterocycles. The van der Waals surface area contributed by atoms with Gasteiger partial charge in [-0.15, -0.1) is 5.10 Å². The number of alkyl halides is 3. The molecule has 0 aliphatic carbocycles. The van der Waals surface area contributed by atoms with Gasteiger partial charge in [0.15, 0.2) is 11.6 Å². The van der Waals surface area contributed by atoms with Crippen LogP contribution in [0.25, 0.3) is 39.7 Å². The average molecular weight is 445 g/mol. The lowest BCUT2D eigenvalue weighted by Crippen LogP contribution is -2.06. The molecule has 5 rings (SSSR count). The Kier molecular flexibility index (Phi) is 5.09. The summed E-state index contributed by atoms with van der Waals surface area (Å²) >= 11 is 0. The van der Waals surface area contributed by atoms with Gasteiger partial charge in [0, 0.05) is 29.7 Å². The molecular weight excluding hydrogens is 431 g/mol. The van der Waals surface area contributed by atoms with E-state index in [1.807, 2.05) is 30.3 Å². The molecule has 0 N–H and O–H groups in total. The van der Waals surface area contributed by atoms with E-state index in [1.54, 1.807) is 30.6 Å². The van der Waals surface area contributed by atoms with E-state index < -0.39 is 11.7 Å². The van der Waals surface area contributed by atoms with Crippen molar-refractivity contribution in [2.45, 2.75) is 6.18 Å². The minimum atomic E-state index is -4.50. The van der Waals surface area contributed by atoms with Crippen molar-refractivity contribution < 1.29 is 13.2 Å². The van der Waals surface area contributed by atoms with Crippen LogP contribution in [-0.2, 0) is 6.18 Å². The number of rotatable bonds is 4. The van der Waals surface area contributed by atoms with Gasteiger partial charge in [-0.05, 0) is 46.8 Å². The first-order chi connectivity index (χ1) is 16.0. The van der Waals surface area contributed by atoms with E-state index >= 15 is 0 Å². The minimum Gasteiger partial charge on any atom is -0.265 e. The molecule has 7 nitrogen and oxygen atoms in total. The fourth-order valence-corrected chi connectivity index (χ4v) is 3.35. The molecule has 0 unspecified atom stereocenters. The molecule has 0 atom stereocenters. The quantitative estimate of drug-likeness (QED) is 0.393. The van der Waals surface area contributed by atoms with E-state index in [0.29, 0.717) is 28.5 Å². The Balaban J connectivity index is 1.73. The molecule has 10 heteroatoms. The minimum absolute atomic E-state index is 0.264. The molecule has 3 aromatic heterocycles. The van der Waals surface area contributed by atoms with Crippen LogP contribution in [0.2, 0.25) is 0 Å². The molecular formula is C23H14F3N7. The fraction of sp³-hybridized carbons (Fsp3) is 0.0435. The van der Waals surface area contributed by atoms with Gasteiger partial charge in [-0.3, -0.25) is 4.98 Å². The molecule has 0 spiro atoms. The van der Waals surface area contributed by atoms with E-state index in [-0.39, 0.29) is 11.3 Å². The third-order valence-electron chi connectivity index (χ3n) is 4.90. The number of aromatic nitrogens is 7. The third kappa shape index (κ3) is 4.05. The molecule has 33 heavy (non-hydrogen) atoms. The summed E-state index contributed by atoms with van der Waals surface area (Å²) in [6.45, 7) is 0. The normalized spacial score (nSPS) is 11.5. The number of benzene rings is 2. The Morgan fingerprint density at radius 3 is 2.36 bits per heavy atom. The predicted molar refractivity (Wildman–Crippen MR) is 114 cm³/mol. The van der Waals surface area contributed by atoms with Crippen molar-refractivity contribution in [3.05, 3.63) is 90.9 Å². The van der Waals surface area contributed by atoms with Crippen molar-refractivity contribution in [2.24, 2.45) is 0 Å². The van der Waals surface area contributed by atoms with E-state index in [4.69, 9.17) is 0 Å². The standard InChI is InChI=1S/C23H14F3N7/c24-23(25,26)17-6-4-5-16(13-17)20-19(14-28-21(29-20)15-9-11-27-12-10-15)22-30-31-32-33(22)18-7-2-1-3-8-18/h1-14H. The summed E-state index contributed by atoms with van der Waals surface area (Å²) < 4.78 is 41.7. The van der Waals surface area contributed by atoms with Crippen molar-refractivity contribution in [1.82, 2.24) is 35.2 Å². The third-order valence-corrected chi connectivity index (χ3v) is 4.90. The van der Waals surface area contributed by atoms with Crippen molar-refractivity contribution in [3.63, 3.8) is 0 Å². The zero-order valence-corrected chi connectivity index (χ0v) is 16.8. The van der Waals surface area contributed by atoms with Crippen LogP contribution in [0.1, 0.15) is 5.56 Å². The van der Waals surface area contributed by atoms with Crippen molar-refractivity contribution in [3.8, 4) is 39.7 Å². The summed E-state index contributed by atoms with van der Waals surface area (Å²) in [4.78, 5) is 13.0. The molecule has 0 radical (unpaired) electrons. The van der Waals surface area contributed by atoms with Gasteiger partial charge in [-0.2, -0.15) is 17.9 Å². The maximum Gasteiger partial charge on any atom is 0.416 e. The molecule has 0 aliphatic rings. The first-order valence-electron chi connectivity index (χ1n) is 9.80. The van der Waals surface area contributed by atoms with Gasteiger partial charge in [-0.25, -0.2) is 9.97 Å². The smallest absolute Gasteiger partial charge is 0.265 e. The van der Waals surface area contributed by atoms with Crippen molar-refractivity contribution in [1.29, 1.82) is 0 Å². The molecule has 162 valence electrons. The molecule has 2 aromatic carbocycles. The summed E-state index contributed by atoms with van der Waals surface area (Å²) in [6, 6.07) is 17.6. The van der Waals surface area contributed by atoms with Gasteiger partial charge in [0.25, 0.3) is 0 Å². The van der Waals surface area contributed by atoms with Gasteiger partial charge >= 0.3 is 6.18 Å². The molecule has 0 saturated carbocycles. The van der Waals surface area contributed by atoms with Gasteiger partial charge < -0.3 is 0 Å². The summed E-state index contributed by atoms with van der Waals surface area (Å²) in [5.74, 6) is 0.641. The highest BCUT2D eigenvalue weighted by molar-refractivity contribution is 5.79. The number of pyridine rings is 1. The molecule has 0 aliphatic heterocycles. The monoisotopic (exact) mass is 445 g/mol. The highest BCUT2D eigenvalue weighted by Crippen LogP contribution is 2.35. The zero-order chi connectivity index (χ0) is 22.8. The van der Waals surface area contributed by atoms with Gasteiger partial charge in [0.1, 0.15) is 0 Å². The van der Waals surface area contributed by atoms with E-state index in [0.717, 1.165) is 12.1 Å². The van der Waals surface area contributed by atoms with E-state index in [9.17, 15) is 13.2 Å². The lowest BCUT2D eigenvalue weighted by Gasteiger charge is -2.13. The van der Waals surface area contributed by atoms with E-state index in [1.165, 1.54) is 16.9 Å². The number of para-hydroxylation sites is 1. The van der Waals surface area contributed by atoms with Gasteiger partial charge in [-0.1, -0.05) is 30.3 Å². The number of hydrogen-bond acceptors (Lipinski definition) is 6. The summed E-state index contributed by atoms with van der Waals surface area (Å²) in [7, 11) is 0. The Hall–Kier alpha value is -4.47. The molecule has 0 bridgehead atoms. The first kappa shape index (κ1) is 20.4. The second-order valence-electron chi connectivity index (χ2n) is 7.02. The number of tetrazole rings is 1. The summed E-state index contributed by atoms with van der Waals surface area (Å²) in [6.07, 6.45) is 0.200. The lowest BCUT2D eigenvalue weighted by atomic mass is 10.0. The Bertz CT molecular complexity index is 1400. The number of nitrogens with zero attached hydrogens (tertiary/aromatic N) is 7. The Morgan fingerprint density at radius 2 is 1.61 bits per heavy atom. The van der Waals surface area contributed by atoms with Crippen LogP contribution in [0.5, 0.6) is 0 Å². The second kappa shape index (κ2) is 8.23. The number of halogens is 3. The first-order valence-corrected chi connectivity index (χ1v) is 9.80. The summed E-state index contributed by atoms with van der Waals surface area (Å²) in [5.41, 5.74) is 1.51. The van der Waals surface area contributed by atoms with Crippen LogP contribution in [0.4, 0.5) is 13.2 Å². The molecule has 0 fully saturated rings. The fourth-order valence-electron chi connectivity index (χ4n) is 3.35. The van der Waals surface area contributed by atoms with Crippen molar-refractivity contribution in [2.75, 3.05) is 0 Å². The maximum atomic E-state index is 13.4. The van der Waals surface area contributed by atoms with E-state index in [2.05, 4.69) is 30.5 Å². The SMILES string of the molecule is FC(F)(F)c1cccc(-c2nc(-c3ccncc3)ncc2-c2nnnn2-c2ccccc2)c1. The van der Waals surface area contributed by atoms with Crippen LogP contribution in [0.15, 0.2) is 85.3 Å². The topological polar surface area (TPSA) is 82.3 Å². The zero-order valence-electron chi connectivity index (χ0n) is 16.8. The second-order valence-corrected chi connectivity index (χ2v) is 7.02. The predicted octanol–water partition coefficient (Wildman–Crippen LogP) is 4.87. The Morgan fingerprint density at radius 1 is 0.818 bits per heavy atom. The number of hydrogen-bond donors (Lipinski definition) is 0. The van der Waals surface area contributed by atoms with Crippen LogP contribution >= 0.6 is 0 Å².